The first-order valence-corrected chi connectivity index (χ1v) is 8.06. The zero-order chi connectivity index (χ0) is 16.5. The first-order valence-electron chi connectivity index (χ1n) is 8.06. The topological polar surface area (TPSA) is 87.0 Å². The molecule has 1 aliphatic heterocycles. The summed E-state index contributed by atoms with van der Waals surface area (Å²) in [7, 11) is 0. The smallest absolute Gasteiger partial charge is 0.250 e. The van der Waals surface area contributed by atoms with Gasteiger partial charge in [0.25, 0.3) is 5.91 Å². The molecule has 1 fully saturated rings. The van der Waals surface area contributed by atoms with Crippen molar-refractivity contribution in [1.82, 2.24) is 9.97 Å². The van der Waals surface area contributed by atoms with Crippen LogP contribution in [-0.4, -0.2) is 35.0 Å². The number of carbonyl (C=O) groups excluding carboxylic acids is 1. The number of fused-ring (bicyclic) bond motifs is 1. The fraction of sp³-hybridized carbons (Fsp3) is 0.222. The SMILES string of the molecule is NC(=O)c1ccccc1N1CCC(Nc2nc3ccccc3[nH]2)C1. The molecule has 2 heterocycles. The van der Waals surface area contributed by atoms with Gasteiger partial charge in [0.2, 0.25) is 5.95 Å². The highest BCUT2D eigenvalue weighted by atomic mass is 16.1. The number of aromatic nitrogens is 2. The normalized spacial score (nSPS) is 17.3. The largest absolute Gasteiger partial charge is 0.369 e. The molecule has 1 saturated heterocycles. The van der Waals surface area contributed by atoms with Crippen molar-refractivity contribution in [3.8, 4) is 0 Å². The van der Waals surface area contributed by atoms with Crippen molar-refractivity contribution < 1.29 is 4.79 Å². The fourth-order valence-electron chi connectivity index (χ4n) is 3.27. The number of aromatic amines is 1. The number of rotatable bonds is 4. The van der Waals surface area contributed by atoms with Crippen LogP contribution in [0.15, 0.2) is 48.5 Å². The maximum atomic E-state index is 11.6. The highest BCUT2D eigenvalue weighted by Gasteiger charge is 2.25. The molecule has 1 atom stereocenters. The number of nitrogens with two attached hydrogens (primary N) is 1. The summed E-state index contributed by atoms with van der Waals surface area (Å²) < 4.78 is 0. The van der Waals surface area contributed by atoms with Gasteiger partial charge in [-0.25, -0.2) is 4.98 Å². The van der Waals surface area contributed by atoms with E-state index >= 15 is 0 Å². The maximum Gasteiger partial charge on any atom is 0.250 e. The Morgan fingerprint density at radius 3 is 2.83 bits per heavy atom. The highest BCUT2D eigenvalue weighted by molar-refractivity contribution is 5.98. The van der Waals surface area contributed by atoms with Gasteiger partial charge in [-0.15, -0.1) is 0 Å². The van der Waals surface area contributed by atoms with Crippen molar-refractivity contribution in [2.45, 2.75) is 12.5 Å². The summed E-state index contributed by atoms with van der Waals surface area (Å²) in [6.07, 6.45) is 0.976. The van der Waals surface area contributed by atoms with Crippen LogP contribution in [0.5, 0.6) is 0 Å². The molecule has 1 unspecified atom stereocenters. The number of primary amides is 1. The molecule has 0 saturated carbocycles. The molecule has 6 heteroatoms. The van der Waals surface area contributed by atoms with Crippen LogP contribution in [0.25, 0.3) is 11.0 Å². The number of carbonyl (C=O) groups is 1. The van der Waals surface area contributed by atoms with E-state index in [1.54, 1.807) is 6.07 Å². The van der Waals surface area contributed by atoms with Gasteiger partial charge in [-0.05, 0) is 30.7 Å². The predicted molar refractivity (Wildman–Crippen MR) is 95.3 cm³/mol. The number of benzene rings is 2. The van der Waals surface area contributed by atoms with Crippen LogP contribution in [0, 0.1) is 0 Å². The summed E-state index contributed by atoms with van der Waals surface area (Å²) in [5.41, 5.74) is 8.94. The van der Waals surface area contributed by atoms with Crippen molar-refractivity contribution in [1.29, 1.82) is 0 Å². The number of hydrogen-bond acceptors (Lipinski definition) is 4. The number of anilines is 2. The minimum Gasteiger partial charge on any atom is -0.369 e. The Hall–Kier alpha value is -3.02. The number of amides is 1. The zero-order valence-electron chi connectivity index (χ0n) is 13.2. The van der Waals surface area contributed by atoms with Gasteiger partial charge in [0.1, 0.15) is 0 Å². The number of nitrogens with one attached hydrogen (secondary N) is 2. The molecule has 1 aromatic heterocycles. The van der Waals surface area contributed by atoms with Gasteiger partial charge in [0.15, 0.2) is 0 Å². The van der Waals surface area contributed by atoms with E-state index in [0.717, 1.165) is 42.2 Å². The van der Waals surface area contributed by atoms with Gasteiger partial charge in [-0.1, -0.05) is 24.3 Å². The van der Waals surface area contributed by atoms with E-state index in [1.165, 1.54) is 0 Å². The summed E-state index contributed by atoms with van der Waals surface area (Å²) in [4.78, 5) is 21.7. The lowest BCUT2D eigenvalue weighted by Crippen LogP contribution is -2.28. The lowest BCUT2D eigenvalue weighted by Gasteiger charge is -2.21. The van der Waals surface area contributed by atoms with Gasteiger partial charge in [0.05, 0.1) is 16.6 Å². The Morgan fingerprint density at radius 1 is 1.21 bits per heavy atom. The molecule has 24 heavy (non-hydrogen) atoms. The maximum absolute atomic E-state index is 11.6. The van der Waals surface area contributed by atoms with Crippen molar-refractivity contribution >= 4 is 28.6 Å². The Labute approximate surface area is 139 Å². The molecule has 0 spiro atoms. The summed E-state index contributed by atoms with van der Waals surface area (Å²) >= 11 is 0. The molecule has 2 aromatic carbocycles. The van der Waals surface area contributed by atoms with Crippen molar-refractivity contribution in [2.75, 3.05) is 23.3 Å². The van der Waals surface area contributed by atoms with Crippen LogP contribution in [0.3, 0.4) is 0 Å². The third kappa shape index (κ3) is 2.67. The Kier molecular flexibility index (Phi) is 3.57. The summed E-state index contributed by atoms with van der Waals surface area (Å²) in [5.74, 6) is 0.394. The monoisotopic (exact) mass is 321 g/mol. The van der Waals surface area contributed by atoms with E-state index in [9.17, 15) is 4.79 Å². The molecule has 0 aliphatic carbocycles. The van der Waals surface area contributed by atoms with Gasteiger partial charge >= 0.3 is 0 Å². The molecular weight excluding hydrogens is 302 g/mol. The molecule has 0 bridgehead atoms. The number of para-hydroxylation sites is 3. The number of H-pyrrole nitrogens is 1. The van der Waals surface area contributed by atoms with E-state index in [-0.39, 0.29) is 11.9 Å². The number of imidazole rings is 1. The molecule has 3 aromatic rings. The zero-order valence-corrected chi connectivity index (χ0v) is 13.2. The summed E-state index contributed by atoms with van der Waals surface area (Å²) in [6, 6.07) is 15.7. The first-order chi connectivity index (χ1) is 11.7. The quantitative estimate of drug-likeness (QED) is 0.688. The molecule has 1 aliphatic rings. The number of nitrogens with zero attached hydrogens (tertiary/aromatic N) is 2. The Balaban J connectivity index is 1.49. The van der Waals surface area contributed by atoms with Crippen LogP contribution in [0.4, 0.5) is 11.6 Å². The minimum absolute atomic E-state index is 0.270. The van der Waals surface area contributed by atoms with E-state index in [4.69, 9.17) is 5.73 Å². The van der Waals surface area contributed by atoms with Gasteiger partial charge in [-0.3, -0.25) is 4.79 Å². The van der Waals surface area contributed by atoms with E-state index < -0.39 is 0 Å². The van der Waals surface area contributed by atoms with Gasteiger partial charge in [-0.2, -0.15) is 0 Å². The third-order valence-corrected chi connectivity index (χ3v) is 4.43. The molecule has 1 amide bonds. The predicted octanol–water partition coefficient (Wildman–Crippen LogP) is 2.35. The molecule has 122 valence electrons. The van der Waals surface area contributed by atoms with Crippen LogP contribution in [0.2, 0.25) is 0 Å². The van der Waals surface area contributed by atoms with Gasteiger partial charge in [0, 0.05) is 24.8 Å². The fourth-order valence-corrected chi connectivity index (χ4v) is 3.27. The second-order valence-corrected chi connectivity index (χ2v) is 6.06. The van der Waals surface area contributed by atoms with E-state index in [0.29, 0.717) is 5.56 Å². The molecule has 0 radical (unpaired) electrons. The molecule has 4 rings (SSSR count). The van der Waals surface area contributed by atoms with Gasteiger partial charge < -0.3 is 20.9 Å². The van der Waals surface area contributed by atoms with Crippen molar-refractivity contribution in [3.63, 3.8) is 0 Å². The van der Waals surface area contributed by atoms with Crippen molar-refractivity contribution in [2.24, 2.45) is 5.73 Å². The molecule has 6 nitrogen and oxygen atoms in total. The third-order valence-electron chi connectivity index (χ3n) is 4.43. The van der Waals surface area contributed by atoms with Crippen LogP contribution >= 0.6 is 0 Å². The van der Waals surface area contributed by atoms with E-state index in [1.807, 2.05) is 42.5 Å². The molecular formula is C18H19N5O. The minimum atomic E-state index is -0.390. The van der Waals surface area contributed by atoms with Crippen molar-refractivity contribution in [3.05, 3.63) is 54.1 Å². The van der Waals surface area contributed by atoms with Crippen LogP contribution < -0.4 is 16.0 Å². The standard InChI is InChI=1S/C18H19N5O/c19-17(24)13-5-1-4-8-16(13)23-10-9-12(11-23)20-18-21-14-6-2-3-7-15(14)22-18/h1-8,12H,9-11H2,(H2,19,24)(H2,20,21,22). The average molecular weight is 321 g/mol. The summed E-state index contributed by atoms with van der Waals surface area (Å²) in [6.45, 7) is 1.68. The lowest BCUT2D eigenvalue weighted by atomic mass is 10.1. The lowest BCUT2D eigenvalue weighted by molar-refractivity contribution is 0.100. The van der Waals surface area contributed by atoms with E-state index in [2.05, 4.69) is 20.2 Å². The van der Waals surface area contributed by atoms with Crippen LogP contribution in [-0.2, 0) is 0 Å². The van der Waals surface area contributed by atoms with Crippen LogP contribution in [0.1, 0.15) is 16.8 Å². The second-order valence-electron chi connectivity index (χ2n) is 6.06. The number of hydrogen-bond donors (Lipinski definition) is 3. The Morgan fingerprint density at radius 2 is 2.00 bits per heavy atom. The second kappa shape index (κ2) is 5.88. The molecule has 4 N–H and O–H groups in total. The highest BCUT2D eigenvalue weighted by Crippen LogP contribution is 2.25. The first kappa shape index (κ1) is 14.6. The Bertz CT molecular complexity index is 855. The summed E-state index contributed by atoms with van der Waals surface area (Å²) in [5, 5.41) is 3.45. The average Bonchev–Trinajstić information content (AvgIpc) is 3.21.